The van der Waals surface area contributed by atoms with E-state index in [-0.39, 0.29) is 11.4 Å². The maximum Gasteiger partial charge on any atom is 0.335 e. The van der Waals surface area contributed by atoms with Crippen LogP contribution in [0.2, 0.25) is 0 Å². The first-order valence-electron chi connectivity index (χ1n) is 6.44. The zero-order chi connectivity index (χ0) is 15.7. The minimum atomic E-state index is -1.02. The monoisotopic (exact) mass is 298 g/mol. The van der Waals surface area contributed by atoms with Crippen LogP contribution >= 0.6 is 0 Å². The van der Waals surface area contributed by atoms with Gasteiger partial charge in [-0.2, -0.15) is 0 Å². The highest BCUT2D eigenvalue weighted by atomic mass is 19.1. The lowest BCUT2D eigenvalue weighted by Crippen LogP contribution is -1.97. The molecular weight excluding hydrogens is 287 g/mol. The van der Waals surface area contributed by atoms with Crippen molar-refractivity contribution in [2.45, 2.75) is 6.92 Å². The van der Waals surface area contributed by atoms with Crippen LogP contribution < -0.4 is 0 Å². The molecule has 0 aliphatic heterocycles. The van der Waals surface area contributed by atoms with Gasteiger partial charge in [0.2, 0.25) is 0 Å². The normalized spacial score (nSPS) is 11.4. The van der Waals surface area contributed by atoms with E-state index in [0.717, 1.165) is 0 Å². The molecule has 0 saturated carbocycles. The number of aromatic nitrogens is 2. The Morgan fingerprint density at radius 3 is 2.64 bits per heavy atom. The molecule has 6 nitrogen and oxygen atoms in total. The van der Waals surface area contributed by atoms with Crippen molar-refractivity contribution in [3.63, 3.8) is 0 Å². The fraction of sp³-hybridized carbons (Fsp3) is 0.0667. The lowest BCUT2D eigenvalue weighted by Gasteiger charge is -1.98. The van der Waals surface area contributed by atoms with Gasteiger partial charge in [0, 0.05) is 6.20 Å². The van der Waals surface area contributed by atoms with Crippen molar-refractivity contribution in [2.24, 2.45) is 10.2 Å². The van der Waals surface area contributed by atoms with Crippen molar-refractivity contribution < 1.29 is 14.3 Å². The van der Waals surface area contributed by atoms with Crippen LogP contribution in [0.1, 0.15) is 16.1 Å². The number of hydrogen-bond donors (Lipinski definition) is 1. The van der Waals surface area contributed by atoms with Gasteiger partial charge in [0.05, 0.1) is 16.9 Å². The second-order valence-corrected chi connectivity index (χ2v) is 4.65. The Bertz CT molecular complexity index is 884. The smallest absolute Gasteiger partial charge is 0.335 e. The molecule has 0 aliphatic carbocycles. The van der Waals surface area contributed by atoms with Crippen molar-refractivity contribution >= 4 is 23.1 Å². The van der Waals surface area contributed by atoms with Gasteiger partial charge < -0.3 is 5.11 Å². The van der Waals surface area contributed by atoms with E-state index in [1.54, 1.807) is 17.5 Å². The number of azo groups is 1. The summed E-state index contributed by atoms with van der Waals surface area (Å²) in [5.74, 6) is -0.861. The van der Waals surface area contributed by atoms with Crippen LogP contribution in [0.25, 0.3) is 5.65 Å². The predicted molar refractivity (Wildman–Crippen MR) is 77.5 cm³/mol. The van der Waals surface area contributed by atoms with Crippen LogP contribution in [-0.4, -0.2) is 20.5 Å². The van der Waals surface area contributed by atoms with Crippen LogP contribution in [0, 0.1) is 12.7 Å². The summed E-state index contributed by atoms with van der Waals surface area (Å²) in [5.41, 5.74) is 1.76. The predicted octanol–water partition coefficient (Wildman–Crippen LogP) is 3.90. The number of carbonyl (C=O) groups is 1. The van der Waals surface area contributed by atoms with Crippen molar-refractivity contribution in [3.05, 3.63) is 59.7 Å². The number of nitrogens with zero attached hydrogens (tertiary/aromatic N) is 4. The summed E-state index contributed by atoms with van der Waals surface area (Å²) >= 11 is 0. The van der Waals surface area contributed by atoms with Crippen LogP contribution in [0.15, 0.2) is 52.8 Å². The Morgan fingerprint density at radius 2 is 1.95 bits per heavy atom. The van der Waals surface area contributed by atoms with E-state index in [1.807, 2.05) is 0 Å². The molecule has 22 heavy (non-hydrogen) atoms. The van der Waals surface area contributed by atoms with E-state index in [9.17, 15) is 9.18 Å². The molecule has 0 amide bonds. The van der Waals surface area contributed by atoms with E-state index in [0.29, 0.717) is 22.8 Å². The van der Waals surface area contributed by atoms with Gasteiger partial charge in [-0.3, -0.25) is 4.40 Å². The lowest BCUT2D eigenvalue weighted by atomic mass is 10.3. The highest BCUT2D eigenvalue weighted by molar-refractivity contribution is 5.88. The molecule has 1 aromatic carbocycles. The Labute approximate surface area is 124 Å². The molecule has 7 heteroatoms. The number of fused-ring (bicyclic) bond motifs is 1. The first kappa shape index (κ1) is 13.9. The molecule has 0 aliphatic rings. The average Bonchev–Trinajstić information content (AvgIpc) is 2.81. The van der Waals surface area contributed by atoms with Gasteiger partial charge in [-0.25, -0.2) is 14.2 Å². The second-order valence-electron chi connectivity index (χ2n) is 4.65. The van der Waals surface area contributed by atoms with Crippen LogP contribution in [0.4, 0.5) is 15.9 Å². The van der Waals surface area contributed by atoms with Gasteiger partial charge in [0.25, 0.3) is 0 Å². The molecule has 0 spiro atoms. The average molecular weight is 298 g/mol. The van der Waals surface area contributed by atoms with Crippen molar-refractivity contribution in [3.8, 4) is 0 Å². The molecule has 0 radical (unpaired) electrons. The highest BCUT2D eigenvalue weighted by Crippen LogP contribution is 2.24. The molecule has 0 unspecified atom stereocenters. The number of carboxylic acid groups (broad SMARTS) is 1. The van der Waals surface area contributed by atoms with E-state index >= 15 is 0 Å². The molecular formula is C15H11FN4O2. The van der Waals surface area contributed by atoms with Crippen molar-refractivity contribution in [1.82, 2.24) is 9.38 Å². The molecule has 3 aromatic rings. The molecule has 3 rings (SSSR count). The largest absolute Gasteiger partial charge is 0.478 e. The summed E-state index contributed by atoms with van der Waals surface area (Å²) in [5, 5.41) is 17.1. The zero-order valence-electron chi connectivity index (χ0n) is 11.6. The molecule has 0 saturated heterocycles. The molecule has 110 valence electrons. The lowest BCUT2D eigenvalue weighted by molar-refractivity contribution is 0.0697. The maximum atomic E-state index is 12.8. The second kappa shape index (κ2) is 5.36. The Balaban J connectivity index is 2.01. The number of rotatable bonds is 3. The summed E-state index contributed by atoms with van der Waals surface area (Å²) in [6.45, 7) is 1.76. The summed E-state index contributed by atoms with van der Waals surface area (Å²) in [6.07, 6.45) is 1.58. The number of carboxylic acids is 1. The number of pyridine rings is 1. The quantitative estimate of drug-likeness (QED) is 0.745. The van der Waals surface area contributed by atoms with Crippen molar-refractivity contribution in [2.75, 3.05) is 0 Å². The molecule has 1 N–H and O–H groups in total. The van der Waals surface area contributed by atoms with Gasteiger partial charge in [-0.05, 0) is 43.3 Å². The van der Waals surface area contributed by atoms with Crippen molar-refractivity contribution in [1.29, 1.82) is 0 Å². The zero-order valence-corrected chi connectivity index (χ0v) is 11.6. The van der Waals surface area contributed by atoms with E-state index in [2.05, 4.69) is 15.2 Å². The third-order valence-electron chi connectivity index (χ3n) is 3.10. The highest BCUT2D eigenvalue weighted by Gasteiger charge is 2.11. The topological polar surface area (TPSA) is 79.3 Å². The Morgan fingerprint density at radius 1 is 1.23 bits per heavy atom. The number of aromatic carboxylic acids is 1. The van der Waals surface area contributed by atoms with Gasteiger partial charge in [0.1, 0.15) is 11.5 Å². The maximum absolute atomic E-state index is 12.8. The number of hydrogen-bond acceptors (Lipinski definition) is 4. The van der Waals surface area contributed by atoms with Gasteiger partial charge in [-0.1, -0.05) is 0 Å². The minimum absolute atomic E-state index is 0.152. The fourth-order valence-electron chi connectivity index (χ4n) is 2.02. The summed E-state index contributed by atoms with van der Waals surface area (Å²) in [7, 11) is 0. The SMILES string of the molecule is Cc1nc2cc(C(=O)O)ccn2c1N=Nc1ccc(F)cc1. The van der Waals surface area contributed by atoms with Crippen LogP contribution in [-0.2, 0) is 0 Å². The number of halogens is 1. The third-order valence-corrected chi connectivity index (χ3v) is 3.10. The number of benzene rings is 1. The Kier molecular flexibility index (Phi) is 3.38. The van der Waals surface area contributed by atoms with Gasteiger partial charge in [-0.15, -0.1) is 10.2 Å². The summed E-state index contributed by atoms with van der Waals surface area (Å²) < 4.78 is 14.5. The minimum Gasteiger partial charge on any atom is -0.478 e. The first-order chi connectivity index (χ1) is 10.5. The number of imidazole rings is 1. The van der Waals surface area contributed by atoms with Crippen LogP contribution in [0.5, 0.6) is 0 Å². The molecule has 2 heterocycles. The Hall–Kier alpha value is -3.09. The summed E-state index contributed by atoms with van der Waals surface area (Å²) in [4.78, 5) is 15.2. The van der Waals surface area contributed by atoms with E-state index < -0.39 is 5.97 Å². The molecule has 0 fully saturated rings. The van der Waals surface area contributed by atoms with Gasteiger partial charge in [0.15, 0.2) is 5.82 Å². The van der Waals surface area contributed by atoms with E-state index in [1.165, 1.54) is 36.4 Å². The molecule has 0 atom stereocenters. The fourth-order valence-corrected chi connectivity index (χ4v) is 2.02. The third kappa shape index (κ3) is 2.56. The van der Waals surface area contributed by atoms with Crippen LogP contribution in [0.3, 0.4) is 0 Å². The van der Waals surface area contributed by atoms with E-state index in [4.69, 9.17) is 5.11 Å². The first-order valence-corrected chi connectivity index (χ1v) is 6.44. The molecule has 0 bridgehead atoms. The summed E-state index contributed by atoms with van der Waals surface area (Å²) in [6, 6.07) is 8.56. The van der Waals surface area contributed by atoms with Gasteiger partial charge >= 0.3 is 5.97 Å². The molecule has 2 aromatic heterocycles. The number of aryl methyl sites for hydroxylation is 1. The standard InChI is InChI=1S/C15H11FN4O2/c1-9-14(19-18-12-4-2-11(16)3-5-12)20-7-6-10(15(21)22)8-13(20)17-9/h2-8H,1H3,(H,21,22).